The number of likely N-dealkylation sites (tertiary alicyclic amines) is 1. The van der Waals surface area contributed by atoms with Gasteiger partial charge in [0.2, 0.25) is 0 Å². The molecule has 22 heavy (non-hydrogen) atoms. The predicted molar refractivity (Wildman–Crippen MR) is 82.9 cm³/mol. The molecule has 0 aliphatic carbocycles. The largest absolute Gasteiger partial charge is 0.444 e. The Morgan fingerprint density at radius 1 is 1.45 bits per heavy atom. The van der Waals surface area contributed by atoms with Gasteiger partial charge < -0.3 is 19.4 Å². The van der Waals surface area contributed by atoms with Crippen LogP contribution in [-0.2, 0) is 4.74 Å². The summed E-state index contributed by atoms with van der Waals surface area (Å²) in [6.45, 7) is 13.7. The smallest absolute Gasteiger partial charge is 0.410 e. The van der Waals surface area contributed by atoms with Gasteiger partial charge in [-0.15, -0.1) is 0 Å². The lowest BCUT2D eigenvalue weighted by Crippen LogP contribution is -2.39. The first-order valence-electron chi connectivity index (χ1n) is 7.22. The van der Waals surface area contributed by atoms with Crippen molar-refractivity contribution < 1.29 is 9.53 Å². The maximum absolute atomic E-state index is 12.1. The van der Waals surface area contributed by atoms with Crippen molar-refractivity contribution in [2.24, 2.45) is 0 Å². The predicted octanol–water partition coefficient (Wildman–Crippen LogP) is 2.47. The fraction of sp³-hybridized carbons (Fsp3) is 0.600. The first-order chi connectivity index (χ1) is 10.3. The molecule has 2 rings (SSSR count). The van der Waals surface area contributed by atoms with Crippen molar-refractivity contribution in [3.8, 4) is 0 Å². The molecular weight excluding hydrogens is 282 g/mol. The van der Waals surface area contributed by atoms with Crippen molar-refractivity contribution >= 4 is 17.7 Å². The number of carbonyl (C=O) groups excluding carboxylic acids is 1. The lowest BCUT2D eigenvalue weighted by Gasteiger charge is -2.26. The number of likely N-dealkylation sites (N-methyl/N-ethyl adjacent to an activating group) is 1. The molecule has 1 amide bonds. The molecule has 1 aliphatic rings. The van der Waals surface area contributed by atoms with Gasteiger partial charge in [0.1, 0.15) is 5.60 Å². The van der Waals surface area contributed by atoms with Gasteiger partial charge in [0, 0.05) is 26.2 Å². The van der Waals surface area contributed by atoms with Crippen molar-refractivity contribution in [1.82, 2.24) is 15.1 Å². The van der Waals surface area contributed by atoms with E-state index >= 15 is 0 Å². The van der Waals surface area contributed by atoms with Crippen molar-refractivity contribution in [3.05, 3.63) is 23.5 Å². The second-order valence-corrected chi connectivity index (χ2v) is 6.34. The van der Waals surface area contributed by atoms with Gasteiger partial charge in [-0.1, -0.05) is 6.57 Å². The maximum Gasteiger partial charge on any atom is 0.410 e. The van der Waals surface area contributed by atoms with E-state index in [0.717, 1.165) is 6.42 Å². The monoisotopic (exact) mass is 303 g/mol. The van der Waals surface area contributed by atoms with Crippen molar-refractivity contribution in [2.75, 3.05) is 25.0 Å². The van der Waals surface area contributed by atoms with Gasteiger partial charge >= 0.3 is 6.09 Å². The van der Waals surface area contributed by atoms with E-state index in [0.29, 0.717) is 18.9 Å². The molecule has 1 atom stereocenters. The van der Waals surface area contributed by atoms with E-state index < -0.39 is 5.60 Å². The van der Waals surface area contributed by atoms with Crippen molar-refractivity contribution in [3.63, 3.8) is 0 Å². The Labute approximate surface area is 130 Å². The van der Waals surface area contributed by atoms with E-state index in [1.54, 1.807) is 17.0 Å². The molecule has 1 aromatic heterocycles. The summed E-state index contributed by atoms with van der Waals surface area (Å²) in [5.74, 6) is 0.974. The molecule has 1 aliphatic heterocycles. The van der Waals surface area contributed by atoms with Crippen LogP contribution in [0.3, 0.4) is 0 Å². The zero-order chi connectivity index (χ0) is 16.3. The number of anilines is 1. The number of ether oxygens (including phenoxy) is 1. The number of carbonyl (C=O) groups is 1. The highest BCUT2D eigenvalue weighted by Crippen LogP contribution is 2.22. The van der Waals surface area contributed by atoms with Crippen LogP contribution in [0.2, 0.25) is 0 Å². The summed E-state index contributed by atoms with van der Waals surface area (Å²) in [5, 5.41) is 7.89. The van der Waals surface area contributed by atoms with Crippen LogP contribution in [-0.4, -0.2) is 53.0 Å². The number of nitrogens with zero attached hydrogens (tertiary/aromatic N) is 5. The molecule has 118 valence electrons. The molecule has 0 saturated carbocycles. The molecule has 7 nitrogen and oxygen atoms in total. The number of rotatable bonds is 2. The van der Waals surface area contributed by atoms with Crippen LogP contribution >= 0.6 is 0 Å². The zero-order valence-electron chi connectivity index (χ0n) is 13.4. The summed E-state index contributed by atoms with van der Waals surface area (Å²) in [6.07, 6.45) is 0.569. The molecule has 1 aromatic rings. The Bertz CT molecular complexity index is 573. The third-order valence-electron chi connectivity index (χ3n) is 3.48. The third-order valence-corrected chi connectivity index (χ3v) is 3.48. The van der Waals surface area contributed by atoms with E-state index in [4.69, 9.17) is 11.3 Å². The van der Waals surface area contributed by atoms with Crippen LogP contribution in [0.4, 0.5) is 16.4 Å². The Balaban J connectivity index is 1.97. The zero-order valence-corrected chi connectivity index (χ0v) is 13.4. The molecule has 7 heteroatoms. The summed E-state index contributed by atoms with van der Waals surface area (Å²) < 4.78 is 5.39. The average molecular weight is 303 g/mol. The summed E-state index contributed by atoms with van der Waals surface area (Å²) in [7, 11) is 1.92. The van der Waals surface area contributed by atoms with Gasteiger partial charge in [0.05, 0.1) is 0 Å². The number of hydrogen-bond acceptors (Lipinski definition) is 5. The van der Waals surface area contributed by atoms with Gasteiger partial charge in [-0.05, 0) is 49.5 Å². The van der Waals surface area contributed by atoms with Crippen LogP contribution in [0.25, 0.3) is 4.85 Å². The minimum atomic E-state index is -0.484. The van der Waals surface area contributed by atoms with E-state index in [1.165, 1.54) is 0 Å². The van der Waals surface area contributed by atoms with E-state index in [1.807, 2.05) is 32.7 Å². The number of hydrogen-bond donors (Lipinski definition) is 0. The molecular formula is C15H21N5O2. The van der Waals surface area contributed by atoms with Gasteiger partial charge in [-0.3, -0.25) is 0 Å². The summed E-state index contributed by atoms with van der Waals surface area (Å²) in [5.41, 5.74) is -0.484. The SMILES string of the molecule is [C-]#[N+]c1ccc(N(C)[C@@H]2CCN(C(=O)OC(C)(C)C)C2)nn1. The Morgan fingerprint density at radius 2 is 2.18 bits per heavy atom. The molecule has 1 saturated heterocycles. The molecule has 1 fully saturated rings. The average Bonchev–Trinajstić information content (AvgIpc) is 2.95. The summed E-state index contributed by atoms with van der Waals surface area (Å²) >= 11 is 0. The highest BCUT2D eigenvalue weighted by atomic mass is 16.6. The molecule has 0 aromatic carbocycles. The Kier molecular flexibility index (Phi) is 4.50. The molecule has 0 spiro atoms. The second kappa shape index (κ2) is 6.18. The van der Waals surface area contributed by atoms with E-state index in [-0.39, 0.29) is 18.0 Å². The molecule has 2 heterocycles. The lowest BCUT2D eigenvalue weighted by molar-refractivity contribution is 0.0292. The highest BCUT2D eigenvalue weighted by molar-refractivity contribution is 5.68. The first kappa shape index (κ1) is 16.0. The standard InChI is InChI=1S/C15H21N5O2/c1-15(2,3)22-14(21)20-9-8-11(10-20)19(5)13-7-6-12(16-4)17-18-13/h6-7,11H,8-10H2,1-3,5H3/t11-/m1/s1. The first-order valence-corrected chi connectivity index (χ1v) is 7.22. The van der Waals surface area contributed by atoms with Crippen LogP contribution in [0.1, 0.15) is 27.2 Å². The van der Waals surface area contributed by atoms with Crippen LogP contribution in [0, 0.1) is 6.57 Å². The molecule has 0 unspecified atom stereocenters. The van der Waals surface area contributed by atoms with E-state index in [9.17, 15) is 4.79 Å². The normalized spacial score (nSPS) is 18.0. The lowest BCUT2D eigenvalue weighted by atomic mass is 10.2. The van der Waals surface area contributed by atoms with Crippen LogP contribution in [0.15, 0.2) is 12.1 Å². The maximum atomic E-state index is 12.1. The van der Waals surface area contributed by atoms with Crippen LogP contribution in [0.5, 0.6) is 0 Å². The topological polar surface area (TPSA) is 62.9 Å². The summed E-state index contributed by atoms with van der Waals surface area (Å²) in [4.78, 5) is 19.0. The van der Waals surface area contributed by atoms with Gasteiger partial charge in [0.25, 0.3) is 5.82 Å². The van der Waals surface area contributed by atoms with Crippen LogP contribution < -0.4 is 4.90 Å². The minimum Gasteiger partial charge on any atom is -0.444 e. The van der Waals surface area contributed by atoms with Crippen molar-refractivity contribution in [2.45, 2.75) is 38.8 Å². The Morgan fingerprint density at radius 3 is 2.73 bits per heavy atom. The second-order valence-electron chi connectivity index (χ2n) is 6.34. The molecule has 0 bridgehead atoms. The molecule has 0 radical (unpaired) electrons. The van der Waals surface area contributed by atoms with Gasteiger partial charge in [-0.25, -0.2) is 4.79 Å². The number of aromatic nitrogens is 2. The fourth-order valence-corrected chi connectivity index (χ4v) is 2.30. The van der Waals surface area contributed by atoms with E-state index in [2.05, 4.69) is 15.0 Å². The minimum absolute atomic E-state index is 0.167. The quantitative estimate of drug-likeness (QED) is 0.785. The van der Waals surface area contributed by atoms with Gasteiger partial charge in [-0.2, -0.15) is 0 Å². The number of amides is 1. The Hall–Kier alpha value is -2.36. The van der Waals surface area contributed by atoms with Crippen molar-refractivity contribution in [1.29, 1.82) is 0 Å². The third kappa shape index (κ3) is 3.85. The highest BCUT2D eigenvalue weighted by Gasteiger charge is 2.32. The van der Waals surface area contributed by atoms with Gasteiger partial charge in [0.15, 0.2) is 5.82 Å². The fourth-order valence-electron chi connectivity index (χ4n) is 2.30. The molecule has 0 N–H and O–H groups in total. The summed E-state index contributed by atoms with van der Waals surface area (Å²) in [6, 6.07) is 3.59.